The molecule has 0 unspecified atom stereocenters. The molecule has 7 heteroatoms. The van der Waals surface area contributed by atoms with E-state index in [0.29, 0.717) is 5.75 Å². The van der Waals surface area contributed by atoms with Crippen LogP contribution in [0.25, 0.3) is 0 Å². The van der Waals surface area contributed by atoms with Crippen molar-refractivity contribution in [1.29, 1.82) is 0 Å². The Morgan fingerprint density at radius 3 is 2.62 bits per heavy atom. The zero-order chi connectivity index (χ0) is 18.4. The molecule has 26 heavy (non-hydrogen) atoms. The third-order valence-corrected chi connectivity index (χ3v) is 5.74. The van der Waals surface area contributed by atoms with Crippen molar-refractivity contribution >= 4 is 45.5 Å². The van der Waals surface area contributed by atoms with Gasteiger partial charge in [-0.05, 0) is 42.7 Å². The van der Waals surface area contributed by atoms with E-state index in [9.17, 15) is 4.79 Å². The molecule has 5 nitrogen and oxygen atoms in total. The highest BCUT2D eigenvalue weighted by atomic mass is 32.2. The minimum absolute atomic E-state index is 0.0529. The van der Waals surface area contributed by atoms with E-state index < -0.39 is 0 Å². The van der Waals surface area contributed by atoms with Gasteiger partial charge in [0.25, 0.3) is 0 Å². The van der Waals surface area contributed by atoms with Crippen molar-refractivity contribution in [2.45, 2.75) is 24.6 Å². The first-order valence-electron chi connectivity index (χ1n) is 8.32. The molecule has 0 radical (unpaired) electrons. The summed E-state index contributed by atoms with van der Waals surface area (Å²) in [5.74, 6) is 0.247. The lowest BCUT2D eigenvalue weighted by atomic mass is 10.1. The molecular formula is C19H20N4OS2. The Morgan fingerprint density at radius 1 is 1.12 bits per heavy atom. The van der Waals surface area contributed by atoms with Crippen LogP contribution in [0.3, 0.4) is 0 Å². The third-order valence-electron chi connectivity index (χ3n) is 3.77. The number of thioether (sulfide) groups is 1. The van der Waals surface area contributed by atoms with E-state index in [1.54, 1.807) is 0 Å². The van der Waals surface area contributed by atoms with Gasteiger partial charge in [0.1, 0.15) is 0 Å². The van der Waals surface area contributed by atoms with E-state index in [0.717, 1.165) is 32.8 Å². The number of hydrogen-bond acceptors (Lipinski definition) is 6. The van der Waals surface area contributed by atoms with Gasteiger partial charge in [0.05, 0.1) is 5.75 Å². The average Bonchev–Trinajstić information content (AvgIpc) is 3.10. The standard InChI is InChI=1S/C19H20N4OS2/c1-3-14-8-10-15(11-9-14)20-17(24)12-25-19-23-22-18(26-19)21-16-7-5-4-6-13(16)2/h4-11H,3,12H2,1-2H3,(H,20,24)(H,21,22). The molecule has 0 aliphatic carbocycles. The van der Waals surface area contributed by atoms with Gasteiger partial charge < -0.3 is 10.6 Å². The molecular weight excluding hydrogens is 364 g/mol. The van der Waals surface area contributed by atoms with Gasteiger partial charge in [-0.2, -0.15) is 0 Å². The zero-order valence-electron chi connectivity index (χ0n) is 14.7. The highest BCUT2D eigenvalue weighted by Gasteiger charge is 2.09. The normalized spacial score (nSPS) is 10.5. The number of rotatable bonds is 7. The number of carbonyl (C=O) groups is 1. The second-order valence-electron chi connectivity index (χ2n) is 5.70. The average molecular weight is 385 g/mol. The van der Waals surface area contributed by atoms with E-state index in [4.69, 9.17) is 0 Å². The summed E-state index contributed by atoms with van der Waals surface area (Å²) >= 11 is 2.82. The molecule has 3 rings (SSSR count). The number of aromatic nitrogens is 2. The van der Waals surface area contributed by atoms with Crippen molar-refractivity contribution in [2.75, 3.05) is 16.4 Å². The van der Waals surface area contributed by atoms with Gasteiger partial charge in [-0.25, -0.2) is 0 Å². The first-order valence-corrected chi connectivity index (χ1v) is 10.1. The molecule has 0 saturated heterocycles. The Labute approximate surface area is 161 Å². The van der Waals surface area contributed by atoms with Crippen molar-refractivity contribution < 1.29 is 4.79 Å². The van der Waals surface area contributed by atoms with Crippen LogP contribution in [0, 0.1) is 6.92 Å². The second kappa shape index (κ2) is 8.82. The fraction of sp³-hybridized carbons (Fsp3) is 0.211. The van der Waals surface area contributed by atoms with Gasteiger partial charge >= 0.3 is 0 Å². The summed E-state index contributed by atoms with van der Waals surface area (Å²) in [6.45, 7) is 4.14. The Balaban J connectivity index is 1.51. The quantitative estimate of drug-likeness (QED) is 0.568. The first-order chi connectivity index (χ1) is 12.6. The van der Waals surface area contributed by atoms with Gasteiger partial charge in [-0.3, -0.25) is 4.79 Å². The smallest absolute Gasteiger partial charge is 0.234 e. The maximum Gasteiger partial charge on any atom is 0.234 e. The monoisotopic (exact) mass is 384 g/mol. The van der Waals surface area contributed by atoms with Gasteiger partial charge in [-0.15, -0.1) is 10.2 Å². The van der Waals surface area contributed by atoms with E-state index >= 15 is 0 Å². The SMILES string of the molecule is CCc1ccc(NC(=O)CSc2nnc(Nc3ccccc3C)s2)cc1. The molecule has 0 aliphatic rings. The molecule has 0 spiro atoms. The van der Waals surface area contributed by atoms with Crippen LogP contribution in [0.2, 0.25) is 0 Å². The number of amides is 1. The molecule has 0 atom stereocenters. The minimum atomic E-state index is -0.0529. The fourth-order valence-electron chi connectivity index (χ4n) is 2.30. The molecule has 0 bridgehead atoms. The van der Waals surface area contributed by atoms with Crippen LogP contribution in [0.1, 0.15) is 18.1 Å². The summed E-state index contributed by atoms with van der Waals surface area (Å²) in [7, 11) is 0. The number of nitrogens with zero attached hydrogens (tertiary/aromatic N) is 2. The van der Waals surface area contributed by atoms with Crippen molar-refractivity contribution in [1.82, 2.24) is 10.2 Å². The molecule has 0 saturated carbocycles. The van der Waals surface area contributed by atoms with Crippen LogP contribution >= 0.6 is 23.1 Å². The van der Waals surface area contributed by atoms with E-state index in [1.165, 1.54) is 28.7 Å². The van der Waals surface area contributed by atoms with Crippen LogP contribution in [-0.2, 0) is 11.2 Å². The number of benzene rings is 2. The summed E-state index contributed by atoms with van der Waals surface area (Å²) in [5, 5.41) is 15.2. The van der Waals surface area contributed by atoms with Crippen molar-refractivity contribution in [3.05, 3.63) is 59.7 Å². The van der Waals surface area contributed by atoms with Crippen molar-refractivity contribution in [3.8, 4) is 0 Å². The minimum Gasteiger partial charge on any atom is -0.330 e. The molecule has 1 heterocycles. The first kappa shape index (κ1) is 18.4. The number of para-hydroxylation sites is 1. The number of anilines is 3. The summed E-state index contributed by atoms with van der Waals surface area (Å²) in [5.41, 5.74) is 4.21. The van der Waals surface area contributed by atoms with Crippen molar-refractivity contribution in [3.63, 3.8) is 0 Å². The van der Waals surface area contributed by atoms with Crippen LogP contribution in [-0.4, -0.2) is 21.9 Å². The molecule has 134 valence electrons. The maximum atomic E-state index is 12.1. The highest BCUT2D eigenvalue weighted by molar-refractivity contribution is 8.01. The highest BCUT2D eigenvalue weighted by Crippen LogP contribution is 2.28. The predicted molar refractivity (Wildman–Crippen MR) is 110 cm³/mol. The van der Waals surface area contributed by atoms with Gasteiger partial charge in [0.15, 0.2) is 4.34 Å². The van der Waals surface area contributed by atoms with Crippen LogP contribution < -0.4 is 10.6 Å². The molecule has 1 aromatic heterocycles. The summed E-state index contributed by atoms with van der Waals surface area (Å²) in [6, 6.07) is 15.9. The lowest BCUT2D eigenvalue weighted by molar-refractivity contribution is -0.113. The van der Waals surface area contributed by atoms with Crippen molar-refractivity contribution in [2.24, 2.45) is 0 Å². The van der Waals surface area contributed by atoms with E-state index in [2.05, 4.69) is 27.8 Å². The summed E-state index contributed by atoms with van der Waals surface area (Å²) in [4.78, 5) is 12.1. The number of aryl methyl sites for hydroxylation is 2. The van der Waals surface area contributed by atoms with Crippen LogP contribution in [0.5, 0.6) is 0 Å². The predicted octanol–water partition coefficient (Wildman–Crippen LogP) is 4.88. The van der Waals surface area contributed by atoms with Crippen LogP contribution in [0.4, 0.5) is 16.5 Å². The Bertz CT molecular complexity index is 877. The zero-order valence-corrected chi connectivity index (χ0v) is 16.3. The molecule has 0 fully saturated rings. The molecule has 0 aliphatic heterocycles. The van der Waals surface area contributed by atoms with E-state index in [-0.39, 0.29) is 5.91 Å². The Kier molecular flexibility index (Phi) is 6.25. The molecule has 2 aromatic carbocycles. The Morgan fingerprint density at radius 2 is 1.88 bits per heavy atom. The maximum absolute atomic E-state index is 12.1. The Hall–Kier alpha value is -2.38. The number of nitrogens with one attached hydrogen (secondary N) is 2. The number of hydrogen-bond donors (Lipinski definition) is 2. The molecule has 3 aromatic rings. The lowest BCUT2D eigenvalue weighted by Gasteiger charge is -2.05. The lowest BCUT2D eigenvalue weighted by Crippen LogP contribution is -2.13. The molecule has 2 N–H and O–H groups in total. The van der Waals surface area contributed by atoms with Gasteiger partial charge in [-0.1, -0.05) is 60.4 Å². The van der Waals surface area contributed by atoms with Gasteiger partial charge in [0.2, 0.25) is 11.0 Å². The van der Waals surface area contributed by atoms with Crippen LogP contribution in [0.15, 0.2) is 52.9 Å². The van der Waals surface area contributed by atoms with E-state index in [1.807, 2.05) is 55.5 Å². The molecule has 1 amide bonds. The second-order valence-corrected chi connectivity index (χ2v) is 7.90. The summed E-state index contributed by atoms with van der Waals surface area (Å²) < 4.78 is 0.762. The summed E-state index contributed by atoms with van der Waals surface area (Å²) in [6.07, 6.45) is 0.986. The fourth-order valence-corrected chi connectivity index (χ4v) is 3.86. The topological polar surface area (TPSA) is 66.9 Å². The third kappa shape index (κ3) is 5.06. The van der Waals surface area contributed by atoms with Gasteiger partial charge in [0, 0.05) is 11.4 Å². The largest absolute Gasteiger partial charge is 0.330 e. The number of carbonyl (C=O) groups excluding carboxylic acids is 1.